The molecule has 0 spiro atoms. The maximum absolute atomic E-state index is 2.66. The van der Waals surface area contributed by atoms with Gasteiger partial charge < -0.3 is 4.90 Å². The minimum absolute atomic E-state index is 0.00866. The zero-order valence-electron chi connectivity index (χ0n) is 31.1. The molecule has 0 amide bonds. The van der Waals surface area contributed by atoms with Crippen LogP contribution in [-0.4, -0.2) is 0 Å². The van der Waals surface area contributed by atoms with E-state index >= 15 is 0 Å². The molecule has 0 aliphatic heterocycles. The first-order valence-corrected chi connectivity index (χ1v) is 18.2. The van der Waals surface area contributed by atoms with Gasteiger partial charge in [-0.05, 0) is 102 Å². The Morgan fingerprint density at radius 1 is 0.571 bits per heavy atom. The van der Waals surface area contributed by atoms with Gasteiger partial charge in [-0.1, -0.05) is 154 Å². The molecule has 0 saturated heterocycles. The van der Waals surface area contributed by atoms with E-state index in [-0.39, 0.29) is 21.7 Å². The normalized spacial score (nSPS) is 20.2. The van der Waals surface area contributed by atoms with Crippen molar-refractivity contribution in [3.8, 4) is 0 Å². The van der Waals surface area contributed by atoms with Crippen molar-refractivity contribution in [3.63, 3.8) is 0 Å². The first-order valence-electron chi connectivity index (χ1n) is 18.2. The SMILES string of the molecule is CC(C)(C)c1ccc(N(c2ccc(C(C)(C)C)cc2)c2cc3c(c4ccccc24)C2C=C4C(=CC2C3(C)C)c2ccccc2C4(C)C)cc1. The Hall–Kier alpha value is -4.36. The van der Waals surface area contributed by atoms with Crippen LogP contribution in [0, 0.1) is 5.92 Å². The fourth-order valence-electron chi connectivity index (χ4n) is 9.14. The number of benzene rings is 5. The van der Waals surface area contributed by atoms with Crippen LogP contribution in [0.4, 0.5) is 17.1 Å². The third-order valence-corrected chi connectivity index (χ3v) is 12.1. The van der Waals surface area contributed by atoms with Crippen molar-refractivity contribution in [2.24, 2.45) is 5.92 Å². The van der Waals surface area contributed by atoms with Crippen molar-refractivity contribution in [2.75, 3.05) is 4.90 Å². The Labute approximate surface area is 294 Å². The molecule has 1 heteroatoms. The highest BCUT2D eigenvalue weighted by Gasteiger charge is 2.50. The van der Waals surface area contributed by atoms with Crippen molar-refractivity contribution in [3.05, 3.63) is 154 Å². The van der Waals surface area contributed by atoms with E-state index in [4.69, 9.17) is 0 Å². The van der Waals surface area contributed by atoms with Crippen LogP contribution in [0.5, 0.6) is 0 Å². The van der Waals surface area contributed by atoms with Gasteiger partial charge in [-0.2, -0.15) is 0 Å². The molecule has 0 saturated carbocycles. The number of anilines is 3. The van der Waals surface area contributed by atoms with Crippen molar-refractivity contribution < 1.29 is 0 Å². The Morgan fingerprint density at radius 3 is 1.67 bits per heavy atom. The van der Waals surface area contributed by atoms with Crippen molar-refractivity contribution >= 4 is 33.4 Å². The van der Waals surface area contributed by atoms with Gasteiger partial charge in [-0.15, -0.1) is 0 Å². The summed E-state index contributed by atoms with van der Waals surface area (Å²) in [6, 6.07) is 39.4. The summed E-state index contributed by atoms with van der Waals surface area (Å²) in [5, 5.41) is 2.68. The molecular weight excluding hydrogens is 591 g/mol. The van der Waals surface area contributed by atoms with E-state index in [2.05, 4.69) is 189 Å². The van der Waals surface area contributed by atoms with Crippen LogP contribution in [0.15, 0.2) is 121 Å². The average molecular weight is 642 g/mol. The lowest BCUT2D eigenvalue weighted by molar-refractivity contribution is 0.393. The van der Waals surface area contributed by atoms with Gasteiger partial charge in [0.1, 0.15) is 0 Å². The van der Waals surface area contributed by atoms with Gasteiger partial charge in [0, 0.05) is 28.1 Å². The molecule has 3 aliphatic rings. The molecule has 3 aliphatic carbocycles. The third-order valence-electron chi connectivity index (χ3n) is 12.1. The highest BCUT2D eigenvalue weighted by atomic mass is 15.1. The van der Waals surface area contributed by atoms with Crippen LogP contribution in [0.3, 0.4) is 0 Å². The van der Waals surface area contributed by atoms with Crippen LogP contribution in [-0.2, 0) is 21.7 Å². The first-order chi connectivity index (χ1) is 23.1. The standard InChI is InChI=1S/C48H51N/c1-45(2,3)30-19-23-32(24-20-30)49(33-25-21-31(22-26-33)46(4,5)6)43-29-42-44(36-17-12-11-16-35(36)43)38-28-40-37(27-41(38)48(42,9)10)34-15-13-14-18-39(34)47(40,7)8/h11-29,38,41H,1-10H3. The van der Waals surface area contributed by atoms with Crippen LogP contribution in [0.1, 0.15) is 109 Å². The molecule has 248 valence electrons. The van der Waals surface area contributed by atoms with Gasteiger partial charge in [-0.25, -0.2) is 0 Å². The van der Waals surface area contributed by atoms with Gasteiger partial charge in [-0.3, -0.25) is 0 Å². The fraction of sp³-hybridized carbons (Fsp3) is 0.333. The monoisotopic (exact) mass is 641 g/mol. The van der Waals surface area contributed by atoms with Crippen molar-refractivity contribution in [2.45, 2.75) is 96.8 Å². The summed E-state index contributed by atoms with van der Waals surface area (Å²) in [7, 11) is 0. The quantitative estimate of drug-likeness (QED) is 0.189. The molecule has 5 aromatic carbocycles. The minimum atomic E-state index is -0.0483. The molecule has 0 aromatic heterocycles. The summed E-state index contributed by atoms with van der Waals surface area (Å²) in [5.74, 6) is 0.717. The smallest absolute Gasteiger partial charge is 0.0543 e. The Morgan fingerprint density at radius 2 is 1.10 bits per heavy atom. The predicted molar refractivity (Wildman–Crippen MR) is 211 cm³/mol. The largest absolute Gasteiger partial charge is 0.310 e. The summed E-state index contributed by atoms with van der Waals surface area (Å²) in [6.07, 6.45) is 5.31. The zero-order chi connectivity index (χ0) is 34.7. The van der Waals surface area contributed by atoms with E-state index in [0.717, 1.165) is 0 Å². The highest BCUT2D eigenvalue weighted by Crippen LogP contribution is 2.62. The van der Waals surface area contributed by atoms with Crippen molar-refractivity contribution in [1.82, 2.24) is 0 Å². The van der Waals surface area contributed by atoms with E-state index < -0.39 is 0 Å². The second-order valence-corrected chi connectivity index (χ2v) is 17.9. The second-order valence-electron chi connectivity index (χ2n) is 17.9. The maximum Gasteiger partial charge on any atom is 0.0543 e. The first kappa shape index (κ1) is 31.9. The van der Waals surface area contributed by atoms with Gasteiger partial charge >= 0.3 is 0 Å². The number of hydrogen-bond acceptors (Lipinski definition) is 1. The van der Waals surface area contributed by atoms with Crippen LogP contribution in [0.2, 0.25) is 0 Å². The molecule has 0 bridgehead atoms. The minimum Gasteiger partial charge on any atom is -0.310 e. The number of fused-ring (bicyclic) bond motifs is 8. The van der Waals surface area contributed by atoms with E-state index in [1.807, 2.05) is 0 Å². The van der Waals surface area contributed by atoms with Crippen LogP contribution < -0.4 is 4.90 Å². The Bertz CT molecular complexity index is 2110. The maximum atomic E-state index is 2.66. The summed E-state index contributed by atoms with van der Waals surface area (Å²) in [5.41, 5.74) is 15.2. The molecule has 49 heavy (non-hydrogen) atoms. The molecule has 0 N–H and O–H groups in total. The number of nitrogens with zero attached hydrogens (tertiary/aromatic N) is 1. The summed E-state index contributed by atoms with van der Waals surface area (Å²) in [4.78, 5) is 2.50. The molecule has 0 fully saturated rings. The second kappa shape index (κ2) is 10.6. The molecule has 5 aromatic rings. The molecule has 2 atom stereocenters. The number of allylic oxidation sites excluding steroid dienone is 4. The Balaban J connectivity index is 1.36. The molecule has 1 nitrogen and oxygen atoms in total. The Kier molecular flexibility index (Phi) is 6.88. The van der Waals surface area contributed by atoms with Crippen molar-refractivity contribution in [1.29, 1.82) is 0 Å². The lowest BCUT2D eigenvalue weighted by atomic mass is 9.70. The summed E-state index contributed by atoms with van der Waals surface area (Å²) < 4.78 is 0. The zero-order valence-corrected chi connectivity index (χ0v) is 31.1. The molecule has 0 radical (unpaired) electrons. The third kappa shape index (κ3) is 4.79. The van der Waals surface area contributed by atoms with E-state index in [1.54, 1.807) is 0 Å². The number of hydrogen-bond donors (Lipinski definition) is 0. The highest BCUT2D eigenvalue weighted by molar-refractivity contribution is 6.03. The van der Waals surface area contributed by atoms with Gasteiger partial charge in [0.05, 0.1) is 5.69 Å². The fourth-order valence-corrected chi connectivity index (χ4v) is 9.14. The van der Waals surface area contributed by atoms with Gasteiger partial charge in [0.15, 0.2) is 0 Å². The summed E-state index contributed by atoms with van der Waals surface area (Å²) >= 11 is 0. The van der Waals surface area contributed by atoms with E-state index in [9.17, 15) is 0 Å². The lowest BCUT2D eigenvalue weighted by Crippen LogP contribution is -2.27. The molecule has 0 heterocycles. The lowest BCUT2D eigenvalue weighted by Gasteiger charge is -2.34. The molecule has 8 rings (SSSR count). The van der Waals surface area contributed by atoms with E-state index in [0.29, 0.717) is 11.8 Å². The summed E-state index contributed by atoms with van der Waals surface area (Å²) in [6.45, 7) is 23.5. The molecule has 2 unspecified atom stereocenters. The number of rotatable bonds is 3. The van der Waals surface area contributed by atoms with Crippen LogP contribution in [0.25, 0.3) is 16.3 Å². The van der Waals surface area contributed by atoms with Gasteiger partial charge in [0.25, 0.3) is 0 Å². The molecular formula is C48H51N. The predicted octanol–water partition coefficient (Wildman–Crippen LogP) is 13.2. The van der Waals surface area contributed by atoms with Crippen LogP contribution >= 0.6 is 0 Å². The topological polar surface area (TPSA) is 3.24 Å². The van der Waals surface area contributed by atoms with Gasteiger partial charge in [0.2, 0.25) is 0 Å². The van der Waals surface area contributed by atoms with E-state index in [1.165, 1.54) is 72.4 Å². The average Bonchev–Trinajstić information content (AvgIpc) is 3.43.